The van der Waals surface area contributed by atoms with Gasteiger partial charge in [0.15, 0.2) is 28.5 Å². The third-order valence-corrected chi connectivity index (χ3v) is 14.8. The van der Waals surface area contributed by atoms with E-state index in [0.717, 1.165) is 61.1 Å². The molecule has 4 N–H and O–H groups in total. The third kappa shape index (κ3) is 4.82. The van der Waals surface area contributed by atoms with Gasteiger partial charge in [0.1, 0.15) is 19.4 Å². The molecule has 11 rings (SSSR count). The molecular formula is C42H46N4O9S. The number of aromatic nitrogens is 1. The molecule has 7 aliphatic rings. The van der Waals surface area contributed by atoms with E-state index in [-0.39, 0.29) is 54.9 Å². The number of phenolic OH excluding ortho intramolecular Hbond substituents is 1. The number of methoxy groups -OCH3 is 1. The van der Waals surface area contributed by atoms with Crippen LogP contribution < -0.4 is 19.5 Å². The highest BCUT2D eigenvalue weighted by atomic mass is 32.2. The maximum absolute atomic E-state index is 15.1. The SMILES string of the molecule is COc1c(C)cc2c(c1O)[C@@H]1[C@@H]3[C@@H]4SC[C@]5(N[C@H](COC(C)=O)Cc6c5[nH]c5ccccc65)C(=O)OC[C@@H](c5c6c(c(C)c(C)c54)OCO6)N3[C@@H](O)[C@H](C2)N1C. The number of H-pyrrole nitrogens is 1. The third-order valence-electron chi connectivity index (χ3n) is 13.3. The van der Waals surface area contributed by atoms with Crippen molar-refractivity contribution in [3.63, 3.8) is 0 Å². The lowest BCUT2D eigenvalue weighted by atomic mass is 9.72. The molecule has 56 heavy (non-hydrogen) atoms. The number of carbonyl (C=O) groups excluding carboxylic acids is 2. The number of aromatic hydroxyl groups is 1. The summed E-state index contributed by atoms with van der Waals surface area (Å²) in [5.41, 5.74) is 7.82. The molecule has 1 spiro atoms. The molecular weight excluding hydrogens is 737 g/mol. The summed E-state index contributed by atoms with van der Waals surface area (Å²) in [5.74, 6) is 1.22. The van der Waals surface area contributed by atoms with Crippen molar-refractivity contribution in [1.29, 1.82) is 0 Å². The number of ether oxygens (including phenoxy) is 5. The summed E-state index contributed by atoms with van der Waals surface area (Å²) < 4.78 is 30.3. The van der Waals surface area contributed by atoms with Crippen LogP contribution >= 0.6 is 11.8 Å². The van der Waals surface area contributed by atoms with E-state index in [2.05, 4.69) is 39.2 Å². The average molecular weight is 783 g/mol. The predicted octanol–water partition coefficient (Wildman–Crippen LogP) is 4.50. The lowest BCUT2D eigenvalue weighted by Gasteiger charge is -2.62. The number of nitrogens with one attached hydrogen (secondary N) is 2. The summed E-state index contributed by atoms with van der Waals surface area (Å²) in [5, 5.41) is 29.0. The Labute approximate surface area is 328 Å². The summed E-state index contributed by atoms with van der Waals surface area (Å²) in [7, 11) is 3.60. The number of esters is 2. The number of hydrogen-bond donors (Lipinski definition) is 4. The number of thioether (sulfide) groups is 1. The quantitative estimate of drug-likeness (QED) is 0.216. The van der Waals surface area contributed by atoms with Gasteiger partial charge in [0.25, 0.3) is 0 Å². The molecule has 14 heteroatoms. The van der Waals surface area contributed by atoms with E-state index in [0.29, 0.717) is 30.1 Å². The maximum atomic E-state index is 15.1. The van der Waals surface area contributed by atoms with Gasteiger partial charge in [-0.15, -0.1) is 11.8 Å². The minimum absolute atomic E-state index is 0.0661. The van der Waals surface area contributed by atoms with Crippen molar-refractivity contribution in [2.45, 2.75) is 87.8 Å². The monoisotopic (exact) mass is 782 g/mol. The first-order valence-electron chi connectivity index (χ1n) is 19.2. The van der Waals surface area contributed by atoms with Crippen LogP contribution in [0.15, 0.2) is 30.3 Å². The standard InChI is InChI=1S/C42H46N4O9S/c1-18-11-22-12-27-40(49)46-28-15-53-41(50)42(39-25(13-23(44-42)14-52-21(4)47)24-9-7-8-10-26(24)43-39)16-56-38(29-19(2)20(3)36-37(31(28)29)55-17-54-36)33(46)32(45(27)5)30(22)34(48)35(18)51-6/h7-11,23,27-28,32-33,38,40,43-44,48-49H,12-17H2,1-6H3/t23-,27-,28-,32+,33+,38+,40-,42+/m0/s1. The lowest BCUT2D eigenvalue weighted by Crippen LogP contribution is -2.70. The van der Waals surface area contributed by atoms with Crippen molar-refractivity contribution in [2.24, 2.45) is 0 Å². The van der Waals surface area contributed by atoms with E-state index in [9.17, 15) is 15.0 Å². The Morgan fingerprint density at radius 3 is 2.64 bits per heavy atom. The van der Waals surface area contributed by atoms with Gasteiger partial charge in [-0.05, 0) is 80.1 Å². The second kappa shape index (κ2) is 12.8. The van der Waals surface area contributed by atoms with Crippen molar-refractivity contribution >= 4 is 34.6 Å². The Balaban J connectivity index is 1.20. The number of aryl methyl sites for hydroxylation is 1. The van der Waals surface area contributed by atoms with Crippen LogP contribution in [0.2, 0.25) is 0 Å². The van der Waals surface area contributed by atoms with E-state index >= 15 is 4.79 Å². The Morgan fingerprint density at radius 1 is 1.07 bits per heavy atom. The first-order valence-corrected chi connectivity index (χ1v) is 20.3. The number of carbonyl (C=O) groups is 2. The molecule has 3 aromatic carbocycles. The number of nitrogens with zero attached hydrogens (tertiary/aromatic N) is 2. The molecule has 0 amide bonds. The zero-order valence-corrected chi connectivity index (χ0v) is 33.0. The number of benzene rings is 3. The molecule has 8 heterocycles. The van der Waals surface area contributed by atoms with Gasteiger partial charge in [-0.25, -0.2) is 4.79 Å². The fourth-order valence-corrected chi connectivity index (χ4v) is 12.6. The van der Waals surface area contributed by atoms with Crippen molar-refractivity contribution in [1.82, 2.24) is 20.1 Å². The molecule has 4 bridgehead atoms. The predicted molar refractivity (Wildman–Crippen MR) is 207 cm³/mol. The number of phenols is 1. The Hall–Kier alpha value is -4.47. The van der Waals surface area contributed by atoms with E-state index in [1.807, 2.05) is 39.1 Å². The Bertz CT molecular complexity index is 2350. The fraction of sp³-hybridized carbons (Fsp3) is 0.476. The first kappa shape index (κ1) is 35.9. The van der Waals surface area contributed by atoms with Gasteiger partial charge in [-0.1, -0.05) is 24.3 Å². The van der Waals surface area contributed by atoms with Crippen molar-refractivity contribution < 1.29 is 43.5 Å². The second-order valence-corrected chi connectivity index (χ2v) is 17.3. The zero-order valence-electron chi connectivity index (χ0n) is 32.2. The summed E-state index contributed by atoms with van der Waals surface area (Å²) >= 11 is 1.63. The normalized spacial score (nSPS) is 30.3. The highest BCUT2D eigenvalue weighted by molar-refractivity contribution is 7.99. The highest BCUT2D eigenvalue weighted by Crippen LogP contribution is 2.63. The number of likely N-dealkylation sites (N-methyl/N-ethyl adjacent to an activating group) is 1. The van der Waals surface area contributed by atoms with Crippen LogP contribution in [0.3, 0.4) is 0 Å². The van der Waals surface area contributed by atoms with E-state index in [4.69, 9.17) is 23.7 Å². The van der Waals surface area contributed by atoms with Crippen LogP contribution in [0.1, 0.15) is 74.5 Å². The maximum Gasteiger partial charge on any atom is 0.333 e. The molecule has 2 saturated heterocycles. The largest absolute Gasteiger partial charge is 0.504 e. The Kier molecular flexibility index (Phi) is 8.19. The van der Waals surface area contributed by atoms with E-state index in [1.54, 1.807) is 18.9 Å². The van der Waals surface area contributed by atoms with E-state index in [1.165, 1.54) is 6.92 Å². The minimum atomic E-state index is -1.35. The number of aliphatic hydroxyl groups is 1. The molecule has 4 aromatic rings. The van der Waals surface area contributed by atoms with Crippen LogP contribution in [0.5, 0.6) is 23.0 Å². The molecule has 2 fully saturated rings. The molecule has 0 unspecified atom stereocenters. The summed E-state index contributed by atoms with van der Waals surface area (Å²) in [6.45, 7) is 7.54. The molecule has 1 aromatic heterocycles. The minimum Gasteiger partial charge on any atom is -0.504 e. The van der Waals surface area contributed by atoms with Gasteiger partial charge in [0.05, 0.1) is 30.9 Å². The Morgan fingerprint density at radius 2 is 1.86 bits per heavy atom. The van der Waals surface area contributed by atoms with Gasteiger partial charge in [-0.2, -0.15) is 0 Å². The number of fused-ring (bicyclic) bond motifs is 11. The van der Waals surface area contributed by atoms with Crippen LogP contribution in [-0.4, -0.2) is 101 Å². The molecule has 0 saturated carbocycles. The zero-order chi connectivity index (χ0) is 38.9. The van der Waals surface area contributed by atoms with Gasteiger partial charge in [-0.3, -0.25) is 19.9 Å². The number of hydrogen-bond acceptors (Lipinski definition) is 13. The van der Waals surface area contributed by atoms with Crippen molar-refractivity contribution in [2.75, 3.05) is 39.9 Å². The number of rotatable bonds is 3. The van der Waals surface area contributed by atoms with Crippen LogP contribution in [0, 0.1) is 20.8 Å². The summed E-state index contributed by atoms with van der Waals surface area (Å²) in [6.07, 6.45) is 0.0948. The number of aromatic amines is 1. The van der Waals surface area contributed by atoms with Gasteiger partial charge < -0.3 is 38.9 Å². The highest BCUT2D eigenvalue weighted by Gasteiger charge is 2.61. The van der Waals surface area contributed by atoms with Gasteiger partial charge in [0.2, 0.25) is 6.79 Å². The molecule has 0 aliphatic carbocycles. The first-order chi connectivity index (χ1) is 26.9. The topological polar surface area (TPSA) is 155 Å². The number of para-hydroxylation sites is 1. The van der Waals surface area contributed by atoms with Crippen LogP contribution in [0.4, 0.5) is 0 Å². The molecule has 7 aliphatic heterocycles. The van der Waals surface area contributed by atoms with E-state index < -0.39 is 35.8 Å². The van der Waals surface area contributed by atoms with Crippen LogP contribution in [-0.2, 0) is 37.4 Å². The second-order valence-electron chi connectivity index (χ2n) is 16.1. The van der Waals surface area contributed by atoms with Gasteiger partial charge in [0, 0.05) is 52.0 Å². The lowest BCUT2D eigenvalue weighted by molar-refractivity contribution is -0.186. The summed E-state index contributed by atoms with van der Waals surface area (Å²) in [4.78, 5) is 35.1. The molecule has 8 atom stereocenters. The van der Waals surface area contributed by atoms with Crippen molar-refractivity contribution in [3.05, 3.63) is 80.5 Å². The number of piperazine rings is 1. The van der Waals surface area contributed by atoms with Crippen LogP contribution in [0.25, 0.3) is 10.9 Å². The van der Waals surface area contributed by atoms with Gasteiger partial charge >= 0.3 is 11.9 Å². The smallest absolute Gasteiger partial charge is 0.333 e. The fourth-order valence-electron chi connectivity index (χ4n) is 10.8. The summed E-state index contributed by atoms with van der Waals surface area (Å²) in [6, 6.07) is 8.01. The van der Waals surface area contributed by atoms with Crippen molar-refractivity contribution in [3.8, 4) is 23.0 Å². The number of aliphatic hydroxyl groups excluding tert-OH is 1. The molecule has 294 valence electrons. The average Bonchev–Trinajstić information content (AvgIpc) is 3.82. The molecule has 0 radical (unpaired) electrons. The molecule has 13 nitrogen and oxygen atoms in total.